The Morgan fingerprint density at radius 3 is 2.41 bits per heavy atom. The van der Waals surface area contributed by atoms with Gasteiger partial charge < -0.3 is 5.32 Å². The van der Waals surface area contributed by atoms with Crippen LogP contribution in [0.15, 0.2) is 72.8 Å². The molecule has 0 spiro atoms. The summed E-state index contributed by atoms with van der Waals surface area (Å²) in [7, 11) is 0. The summed E-state index contributed by atoms with van der Waals surface area (Å²) in [6.07, 6.45) is 0. The van der Waals surface area contributed by atoms with Crippen molar-refractivity contribution in [1.82, 2.24) is 14.8 Å². The average molecular weight is 423 g/mol. The van der Waals surface area contributed by atoms with Gasteiger partial charge in [0, 0.05) is 10.6 Å². The second-order valence-corrected chi connectivity index (χ2v) is 7.25. The second kappa shape index (κ2) is 8.07. The molecule has 0 aliphatic heterocycles. The summed E-state index contributed by atoms with van der Waals surface area (Å²) in [5.41, 5.74) is 3.16. The molecule has 1 N–H and O–H groups in total. The fourth-order valence-corrected chi connectivity index (χ4v) is 3.38. The predicted octanol–water partition coefficient (Wildman–Crippen LogP) is 5.80. The predicted molar refractivity (Wildman–Crippen MR) is 116 cm³/mol. The van der Waals surface area contributed by atoms with Crippen LogP contribution in [0.3, 0.4) is 0 Å². The third-order valence-corrected chi connectivity index (χ3v) is 4.91. The fraction of sp³-hybridized carbons (Fsp3) is 0.0455. The van der Waals surface area contributed by atoms with Crippen LogP contribution in [0.2, 0.25) is 10.0 Å². The topological polar surface area (TPSA) is 59.8 Å². The highest BCUT2D eigenvalue weighted by Crippen LogP contribution is 2.27. The number of para-hydroxylation sites is 1. The normalized spacial score (nSPS) is 10.7. The van der Waals surface area contributed by atoms with Crippen molar-refractivity contribution in [2.24, 2.45) is 0 Å². The van der Waals surface area contributed by atoms with E-state index in [9.17, 15) is 4.79 Å². The molecule has 0 radical (unpaired) electrons. The molecule has 3 aromatic carbocycles. The molecule has 29 heavy (non-hydrogen) atoms. The summed E-state index contributed by atoms with van der Waals surface area (Å²) < 4.78 is 1.68. The number of anilines is 1. The Kier molecular flexibility index (Phi) is 5.34. The number of hydrogen-bond donors (Lipinski definition) is 1. The maximum atomic E-state index is 12.8. The first-order valence-electron chi connectivity index (χ1n) is 8.88. The van der Waals surface area contributed by atoms with E-state index in [2.05, 4.69) is 15.4 Å². The highest BCUT2D eigenvalue weighted by atomic mass is 35.5. The highest BCUT2D eigenvalue weighted by Gasteiger charge is 2.20. The molecule has 4 aromatic rings. The number of aromatic nitrogens is 3. The Hall–Kier alpha value is -3.15. The van der Waals surface area contributed by atoms with Gasteiger partial charge >= 0.3 is 0 Å². The number of aryl methyl sites for hydroxylation is 1. The maximum Gasteiger partial charge on any atom is 0.295 e. The van der Waals surface area contributed by atoms with Crippen LogP contribution >= 0.6 is 23.2 Å². The minimum Gasteiger partial charge on any atom is -0.318 e. The quantitative estimate of drug-likeness (QED) is 0.451. The van der Waals surface area contributed by atoms with E-state index in [1.807, 2.05) is 61.5 Å². The lowest BCUT2D eigenvalue weighted by Gasteiger charge is -2.08. The van der Waals surface area contributed by atoms with Crippen molar-refractivity contribution in [2.75, 3.05) is 5.32 Å². The van der Waals surface area contributed by atoms with E-state index in [1.165, 1.54) is 0 Å². The molecule has 0 saturated carbocycles. The number of hydrogen-bond acceptors (Lipinski definition) is 3. The first-order valence-corrected chi connectivity index (χ1v) is 9.63. The van der Waals surface area contributed by atoms with Crippen LogP contribution in [0.5, 0.6) is 0 Å². The number of benzene rings is 3. The third-order valence-electron chi connectivity index (χ3n) is 4.37. The largest absolute Gasteiger partial charge is 0.318 e. The number of nitrogens with one attached hydrogen (secondary N) is 1. The number of rotatable bonds is 4. The minimum atomic E-state index is -0.460. The van der Waals surface area contributed by atoms with E-state index in [4.69, 9.17) is 23.2 Å². The standard InChI is InChI=1S/C22H16Cl2N4O/c1-14-7-5-6-10-19(14)28-21(15-8-3-2-4-9-15)26-20(27-28)22(29)25-18-12-11-16(23)13-17(18)24/h2-13H,1H3,(H,25,29). The SMILES string of the molecule is Cc1ccccc1-n1nc(C(=O)Nc2ccc(Cl)cc2Cl)nc1-c1ccccc1. The Labute approximate surface area is 177 Å². The molecule has 1 heterocycles. The average Bonchev–Trinajstić information content (AvgIpc) is 3.16. The van der Waals surface area contributed by atoms with E-state index in [0.717, 1.165) is 16.8 Å². The van der Waals surface area contributed by atoms with Gasteiger partial charge in [0.05, 0.1) is 16.4 Å². The molecule has 144 valence electrons. The van der Waals surface area contributed by atoms with Crippen molar-refractivity contribution in [3.05, 3.63) is 94.2 Å². The lowest BCUT2D eigenvalue weighted by Crippen LogP contribution is -2.14. The van der Waals surface area contributed by atoms with Crippen LogP contribution in [0.4, 0.5) is 5.69 Å². The molecule has 0 fully saturated rings. The molecule has 1 amide bonds. The molecule has 5 nitrogen and oxygen atoms in total. The Bertz CT molecular complexity index is 1190. The zero-order valence-corrected chi connectivity index (χ0v) is 16.9. The molecule has 0 unspecified atom stereocenters. The molecule has 0 aliphatic rings. The minimum absolute atomic E-state index is 0.0399. The molecule has 4 rings (SSSR count). The summed E-state index contributed by atoms with van der Waals surface area (Å²) in [5, 5.41) is 8.06. The zero-order valence-electron chi connectivity index (χ0n) is 15.4. The van der Waals surface area contributed by atoms with Gasteiger partial charge in [0.2, 0.25) is 5.82 Å². The van der Waals surface area contributed by atoms with E-state index in [-0.39, 0.29) is 5.82 Å². The third kappa shape index (κ3) is 4.01. The summed E-state index contributed by atoms with van der Waals surface area (Å²) in [4.78, 5) is 17.3. The number of nitrogens with zero attached hydrogens (tertiary/aromatic N) is 3. The summed E-state index contributed by atoms with van der Waals surface area (Å²) in [6, 6.07) is 22.3. The summed E-state index contributed by atoms with van der Waals surface area (Å²) in [5.74, 6) is 0.157. The van der Waals surface area contributed by atoms with E-state index < -0.39 is 5.91 Å². The monoisotopic (exact) mass is 422 g/mol. The van der Waals surface area contributed by atoms with Crippen LogP contribution in [0.25, 0.3) is 17.1 Å². The highest BCUT2D eigenvalue weighted by molar-refractivity contribution is 6.36. The zero-order chi connectivity index (χ0) is 20.4. The fourth-order valence-electron chi connectivity index (χ4n) is 2.92. The van der Waals surface area contributed by atoms with Crippen LogP contribution in [0.1, 0.15) is 16.2 Å². The van der Waals surface area contributed by atoms with Gasteiger partial charge in [-0.3, -0.25) is 4.79 Å². The van der Waals surface area contributed by atoms with Crippen LogP contribution in [0, 0.1) is 6.92 Å². The molecule has 7 heteroatoms. The maximum absolute atomic E-state index is 12.8. The number of carbonyl (C=O) groups excluding carboxylic acids is 1. The van der Waals surface area contributed by atoms with Crippen LogP contribution < -0.4 is 5.32 Å². The van der Waals surface area contributed by atoms with Crippen LogP contribution in [-0.4, -0.2) is 20.7 Å². The van der Waals surface area contributed by atoms with Gasteiger partial charge in [-0.15, -0.1) is 5.10 Å². The lowest BCUT2D eigenvalue weighted by atomic mass is 10.2. The van der Waals surface area contributed by atoms with Crippen molar-refractivity contribution < 1.29 is 4.79 Å². The van der Waals surface area contributed by atoms with Crippen LogP contribution in [-0.2, 0) is 0 Å². The molecular formula is C22H16Cl2N4O. The molecule has 0 atom stereocenters. The second-order valence-electron chi connectivity index (χ2n) is 6.40. The van der Waals surface area contributed by atoms with Crippen molar-refractivity contribution in [3.8, 4) is 17.1 Å². The van der Waals surface area contributed by atoms with Crippen molar-refractivity contribution in [3.63, 3.8) is 0 Å². The van der Waals surface area contributed by atoms with Crippen molar-refractivity contribution in [2.45, 2.75) is 6.92 Å². The molecule has 1 aromatic heterocycles. The number of halogens is 2. The number of amides is 1. The van der Waals surface area contributed by atoms with Crippen molar-refractivity contribution >= 4 is 34.8 Å². The van der Waals surface area contributed by atoms with E-state index in [0.29, 0.717) is 21.6 Å². The molecular weight excluding hydrogens is 407 g/mol. The van der Waals surface area contributed by atoms with Gasteiger partial charge in [-0.05, 0) is 36.8 Å². The molecule has 0 aliphatic carbocycles. The smallest absolute Gasteiger partial charge is 0.295 e. The van der Waals surface area contributed by atoms with Gasteiger partial charge in [-0.1, -0.05) is 71.7 Å². The lowest BCUT2D eigenvalue weighted by molar-refractivity contribution is 0.101. The van der Waals surface area contributed by atoms with Gasteiger partial charge in [-0.2, -0.15) is 0 Å². The Morgan fingerprint density at radius 1 is 0.966 bits per heavy atom. The summed E-state index contributed by atoms with van der Waals surface area (Å²) >= 11 is 12.1. The Balaban J connectivity index is 1.77. The molecule has 0 bridgehead atoms. The van der Waals surface area contributed by atoms with Gasteiger partial charge in [0.1, 0.15) is 0 Å². The first kappa shape index (κ1) is 19.2. The van der Waals surface area contributed by atoms with Gasteiger partial charge in [0.15, 0.2) is 5.82 Å². The van der Waals surface area contributed by atoms with Crippen molar-refractivity contribution in [1.29, 1.82) is 0 Å². The molecule has 0 saturated heterocycles. The van der Waals surface area contributed by atoms with E-state index >= 15 is 0 Å². The first-order chi connectivity index (χ1) is 14.0. The summed E-state index contributed by atoms with van der Waals surface area (Å²) in [6.45, 7) is 1.99. The van der Waals surface area contributed by atoms with Gasteiger partial charge in [-0.25, -0.2) is 9.67 Å². The number of carbonyl (C=O) groups is 1. The van der Waals surface area contributed by atoms with Gasteiger partial charge in [0.25, 0.3) is 5.91 Å². The van der Waals surface area contributed by atoms with E-state index in [1.54, 1.807) is 22.9 Å². The Morgan fingerprint density at radius 2 is 1.69 bits per heavy atom.